The van der Waals surface area contributed by atoms with E-state index in [9.17, 15) is 19.7 Å². The number of rotatable bonds is 0. The van der Waals surface area contributed by atoms with Crippen molar-refractivity contribution in [3.63, 3.8) is 0 Å². The molecule has 0 aromatic carbocycles. The Morgan fingerprint density at radius 3 is 2.60 bits per heavy atom. The molecule has 4 aliphatic carbocycles. The normalized spacial score (nSPS) is 57.7. The zero-order valence-corrected chi connectivity index (χ0v) is 15.1. The Kier molecular flexibility index (Phi) is 3.72. The Morgan fingerprint density at radius 2 is 1.92 bits per heavy atom. The number of hydrogen-bond donors (Lipinski definition) is 3. The maximum absolute atomic E-state index is 14.7. The molecule has 138 valence electrons. The van der Waals surface area contributed by atoms with Crippen LogP contribution in [0.2, 0.25) is 0 Å². The Morgan fingerprint density at radius 1 is 1.20 bits per heavy atom. The molecule has 0 saturated heterocycles. The van der Waals surface area contributed by atoms with Crippen LogP contribution in [-0.4, -0.2) is 39.3 Å². The van der Waals surface area contributed by atoms with E-state index in [2.05, 4.69) is 12.8 Å². The van der Waals surface area contributed by atoms with Crippen molar-refractivity contribution in [2.24, 2.45) is 28.6 Å². The average Bonchev–Trinajstić information content (AvgIpc) is 2.79. The van der Waals surface area contributed by atoms with Gasteiger partial charge in [-0.2, -0.15) is 0 Å². The zero-order chi connectivity index (χ0) is 18.2. The number of fused-ring (bicyclic) bond motifs is 5. The molecule has 0 unspecified atom stereocenters. The third-order valence-corrected chi connectivity index (χ3v) is 8.56. The summed E-state index contributed by atoms with van der Waals surface area (Å²) in [7, 11) is 0. The van der Waals surface area contributed by atoms with E-state index in [0.717, 1.165) is 31.3 Å². The summed E-state index contributed by atoms with van der Waals surface area (Å²) in [5.41, 5.74) is -1.42. The van der Waals surface area contributed by atoms with Gasteiger partial charge in [-0.15, -0.1) is 6.42 Å². The van der Waals surface area contributed by atoms with E-state index in [-0.39, 0.29) is 11.3 Å². The lowest BCUT2D eigenvalue weighted by Gasteiger charge is -2.58. The van der Waals surface area contributed by atoms with Gasteiger partial charge in [-0.3, -0.25) is 0 Å². The van der Waals surface area contributed by atoms with Crippen LogP contribution in [-0.2, 0) is 0 Å². The number of alkyl halides is 1. The standard InChI is InChI=1S/C21H29FO3/c1-4-21(25)17(24)11-15-12-5-6-14-18(22)16(23)8-9-19(14,2)13(12)7-10-20(15,21)3/h1,6,12-13,15-18,23-25H,5,7-11H2,2-3H3/t12-,13+,15+,16+,17-,18-,19-,20+,21+/m1/s1. The Labute approximate surface area is 149 Å². The van der Waals surface area contributed by atoms with Gasteiger partial charge in [0.1, 0.15) is 6.17 Å². The summed E-state index contributed by atoms with van der Waals surface area (Å²) in [6.45, 7) is 4.17. The van der Waals surface area contributed by atoms with Crippen molar-refractivity contribution in [2.45, 2.75) is 76.4 Å². The van der Waals surface area contributed by atoms with Crippen LogP contribution in [0.4, 0.5) is 4.39 Å². The van der Waals surface area contributed by atoms with Gasteiger partial charge in [-0.05, 0) is 67.3 Å². The minimum absolute atomic E-state index is 0.141. The number of aliphatic hydroxyl groups is 3. The van der Waals surface area contributed by atoms with Gasteiger partial charge in [0, 0.05) is 5.41 Å². The van der Waals surface area contributed by atoms with Gasteiger partial charge in [0.05, 0.1) is 12.2 Å². The molecule has 0 aliphatic heterocycles. The fourth-order valence-corrected chi connectivity index (χ4v) is 6.96. The van der Waals surface area contributed by atoms with Crippen LogP contribution >= 0.6 is 0 Å². The maximum atomic E-state index is 14.7. The van der Waals surface area contributed by atoms with Crippen molar-refractivity contribution < 1.29 is 19.7 Å². The van der Waals surface area contributed by atoms with Crippen molar-refractivity contribution in [1.29, 1.82) is 0 Å². The van der Waals surface area contributed by atoms with Crippen LogP contribution in [0.15, 0.2) is 11.6 Å². The molecule has 4 aliphatic rings. The second kappa shape index (κ2) is 5.31. The predicted octanol–water partition coefficient (Wildman–Crippen LogP) is 2.59. The Hall–Kier alpha value is -0.890. The molecule has 0 bridgehead atoms. The number of terminal acetylenes is 1. The van der Waals surface area contributed by atoms with Crippen molar-refractivity contribution in [2.75, 3.05) is 0 Å². The smallest absolute Gasteiger partial charge is 0.156 e. The molecular weight excluding hydrogens is 319 g/mol. The molecule has 4 rings (SSSR count). The van der Waals surface area contributed by atoms with Gasteiger partial charge in [0.15, 0.2) is 5.60 Å². The summed E-state index contributed by atoms with van der Waals surface area (Å²) in [6.07, 6.45) is 8.78. The van der Waals surface area contributed by atoms with E-state index in [0.29, 0.717) is 24.7 Å². The highest BCUT2D eigenvalue weighted by atomic mass is 19.1. The van der Waals surface area contributed by atoms with E-state index < -0.39 is 29.4 Å². The van der Waals surface area contributed by atoms with Crippen LogP contribution in [0.1, 0.15) is 52.4 Å². The molecule has 3 fully saturated rings. The third-order valence-electron chi connectivity index (χ3n) is 8.56. The summed E-state index contributed by atoms with van der Waals surface area (Å²) in [5.74, 6) is 3.26. The number of hydrogen-bond acceptors (Lipinski definition) is 3. The molecule has 25 heavy (non-hydrogen) atoms. The zero-order valence-electron chi connectivity index (χ0n) is 15.1. The molecule has 0 amide bonds. The maximum Gasteiger partial charge on any atom is 0.156 e. The Bertz CT molecular complexity index is 654. The van der Waals surface area contributed by atoms with Crippen LogP contribution in [0.5, 0.6) is 0 Å². The van der Waals surface area contributed by atoms with E-state index in [1.54, 1.807) is 0 Å². The highest BCUT2D eigenvalue weighted by Gasteiger charge is 2.67. The monoisotopic (exact) mass is 348 g/mol. The van der Waals surface area contributed by atoms with E-state index in [4.69, 9.17) is 6.42 Å². The van der Waals surface area contributed by atoms with Gasteiger partial charge in [0.25, 0.3) is 0 Å². The lowest BCUT2D eigenvalue weighted by Crippen LogP contribution is -2.56. The predicted molar refractivity (Wildman–Crippen MR) is 93.2 cm³/mol. The first-order valence-corrected chi connectivity index (χ1v) is 9.60. The summed E-state index contributed by atoms with van der Waals surface area (Å²) in [5, 5.41) is 31.4. The minimum Gasteiger partial charge on any atom is -0.390 e. The second-order valence-electron chi connectivity index (χ2n) is 9.32. The van der Waals surface area contributed by atoms with Gasteiger partial charge in [-0.1, -0.05) is 25.8 Å². The third kappa shape index (κ3) is 1.98. The molecule has 0 aromatic rings. The fourth-order valence-electron chi connectivity index (χ4n) is 6.96. The summed E-state index contributed by atoms with van der Waals surface area (Å²) >= 11 is 0. The highest BCUT2D eigenvalue weighted by Crippen LogP contribution is 2.67. The van der Waals surface area contributed by atoms with Crippen LogP contribution in [0, 0.1) is 40.9 Å². The van der Waals surface area contributed by atoms with Crippen molar-refractivity contribution >= 4 is 0 Å². The molecule has 3 nitrogen and oxygen atoms in total. The summed E-state index contributed by atoms with van der Waals surface area (Å²) < 4.78 is 14.7. The molecular formula is C21H29FO3. The second-order valence-corrected chi connectivity index (χ2v) is 9.32. The van der Waals surface area contributed by atoms with Crippen LogP contribution in [0.25, 0.3) is 0 Å². The summed E-state index contributed by atoms with van der Waals surface area (Å²) in [4.78, 5) is 0. The first kappa shape index (κ1) is 17.5. The fraction of sp³-hybridized carbons (Fsp3) is 0.810. The lowest BCUT2D eigenvalue weighted by molar-refractivity contribution is -0.121. The van der Waals surface area contributed by atoms with Crippen molar-refractivity contribution in [1.82, 2.24) is 0 Å². The van der Waals surface area contributed by atoms with Crippen molar-refractivity contribution in [3.8, 4) is 12.3 Å². The number of halogens is 1. The topological polar surface area (TPSA) is 60.7 Å². The quantitative estimate of drug-likeness (QED) is 0.466. The SMILES string of the molecule is C#C[C@]1(O)[C@H](O)C[C@H]2[C@@H]3CC=C4[C@@H](F)[C@@H](O)CC[C@]4(C)[C@H]3CC[C@@]21C. The number of allylic oxidation sites excluding steroid dienone is 1. The van der Waals surface area contributed by atoms with Gasteiger partial charge >= 0.3 is 0 Å². The molecule has 0 spiro atoms. The molecule has 4 heteroatoms. The van der Waals surface area contributed by atoms with Gasteiger partial charge in [-0.25, -0.2) is 4.39 Å². The van der Waals surface area contributed by atoms with E-state index in [1.807, 2.05) is 13.0 Å². The molecule has 9 atom stereocenters. The molecule has 0 heterocycles. The average molecular weight is 348 g/mol. The lowest BCUT2D eigenvalue weighted by atomic mass is 9.47. The molecule has 0 radical (unpaired) electrons. The van der Waals surface area contributed by atoms with E-state index >= 15 is 0 Å². The first-order valence-electron chi connectivity index (χ1n) is 9.60. The first-order chi connectivity index (χ1) is 11.7. The van der Waals surface area contributed by atoms with Crippen LogP contribution < -0.4 is 0 Å². The van der Waals surface area contributed by atoms with Gasteiger partial charge < -0.3 is 15.3 Å². The highest BCUT2D eigenvalue weighted by molar-refractivity contribution is 5.32. The van der Waals surface area contributed by atoms with Crippen molar-refractivity contribution in [3.05, 3.63) is 11.6 Å². The number of aliphatic hydroxyl groups excluding tert-OH is 2. The minimum atomic E-state index is -1.47. The molecule has 0 aromatic heterocycles. The molecule has 3 N–H and O–H groups in total. The molecule has 3 saturated carbocycles. The Balaban J connectivity index is 1.73. The van der Waals surface area contributed by atoms with Crippen LogP contribution in [0.3, 0.4) is 0 Å². The van der Waals surface area contributed by atoms with E-state index in [1.165, 1.54) is 0 Å². The summed E-state index contributed by atoms with van der Waals surface area (Å²) in [6, 6.07) is 0. The van der Waals surface area contributed by atoms with Gasteiger partial charge in [0.2, 0.25) is 0 Å². The largest absolute Gasteiger partial charge is 0.390 e.